The molecule has 1 atom stereocenters. The summed E-state index contributed by atoms with van der Waals surface area (Å²) in [6.45, 7) is 2.41. The van der Waals surface area contributed by atoms with Crippen LogP contribution >= 0.6 is 27.3 Å². The van der Waals surface area contributed by atoms with Crippen LogP contribution in [0.5, 0.6) is 0 Å². The van der Waals surface area contributed by atoms with Gasteiger partial charge in [0.15, 0.2) is 0 Å². The molecule has 0 saturated heterocycles. The van der Waals surface area contributed by atoms with Crippen LogP contribution in [0.3, 0.4) is 0 Å². The molecule has 1 aromatic rings. The predicted octanol–water partition coefficient (Wildman–Crippen LogP) is 1.86. The van der Waals surface area contributed by atoms with Crippen molar-refractivity contribution in [3.63, 3.8) is 0 Å². The summed E-state index contributed by atoms with van der Waals surface area (Å²) < 4.78 is 1.05. The third-order valence-corrected chi connectivity index (χ3v) is 3.29. The number of carbonyl (C=O) groups is 1. The van der Waals surface area contributed by atoms with Crippen LogP contribution in [0.2, 0.25) is 0 Å². The molecule has 14 heavy (non-hydrogen) atoms. The van der Waals surface area contributed by atoms with Gasteiger partial charge in [0, 0.05) is 27.2 Å². The van der Waals surface area contributed by atoms with Gasteiger partial charge >= 0.3 is 0 Å². The number of halogens is 1. The third-order valence-electron chi connectivity index (χ3n) is 1.59. The zero-order chi connectivity index (χ0) is 10.6. The summed E-state index contributed by atoms with van der Waals surface area (Å²) in [5, 5.41) is 4.81. The maximum absolute atomic E-state index is 11.2. The molecule has 0 aliphatic heterocycles. The van der Waals surface area contributed by atoms with Crippen LogP contribution in [0.1, 0.15) is 18.2 Å². The van der Waals surface area contributed by atoms with E-state index in [2.05, 4.69) is 21.2 Å². The summed E-state index contributed by atoms with van der Waals surface area (Å²) in [4.78, 5) is 12.4. The lowest BCUT2D eigenvalue weighted by molar-refractivity contribution is -0.121. The van der Waals surface area contributed by atoms with Crippen molar-refractivity contribution < 1.29 is 4.79 Å². The van der Waals surface area contributed by atoms with E-state index in [0.717, 1.165) is 9.35 Å². The fourth-order valence-electron chi connectivity index (χ4n) is 0.997. The number of hydrogen-bond donors (Lipinski definition) is 2. The molecule has 1 amide bonds. The van der Waals surface area contributed by atoms with Gasteiger partial charge in [0.1, 0.15) is 0 Å². The largest absolute Gasteiger partial charge is 0.351 e. The van der Waals surface area contributed by atoms with E-state index in [-0.39, 0.29) is 11.9 Å². The van der Waals surface area contributed by atoms with Crippen molar-refractivity contribution in [3.8, 4) is 0 Å². The molecule has 1 heterocycles. The lowest BCUT2D eigenvalue weighted by Gasteiger charge is -2.05. The topological polar surface area (TPSA) is 55.1 Å². The van der Waals surface area contributed by atoms with Gasteiger partial charge in [0.05, 0.1) is 6.54 Å². The van der Waals surface area contributed by atoms with Gasteiger partial charge in [-0.1, -0.05) is 0 Å². The molecule has 1 unspecified atom stereocenters. The van der Waals surface area contributed by atoms with Crippen molar-refractivity contribution in [1.29, 1.82) is 0 Å². The molecular weight excluding hydrogens is 264 g/mol. The van der Waals surface area contributed by atoms with E-state index in [9.17, 15) is 4.79 Å². The minimum Gasteiger partial charge on any atom is -0.351 e. The molecule has 5 heteroatoms. The normalized spacial score (nSPS) is 12.5. The van der Waals surface area contributed by atoms with Crippen LogP contribution in [0, 0.1) is 0 Å². The molecule has 3 N–H and O–H groups in total. The van der Waals surface area contributed by atoms with Crippen LogP contribution in [-0.4, -0.2) is 11.9 Å². The third kappa shape index (κ3) is 4.21. The molecule has 3 nitrogen and oxygen atoms in total. The number of nitrogens with two attached hydrogens (primary N) is 1. The monoisotopic (exact) mass is 276 g/mol. The minimum atomic E-state index is -0.0786. The molecule has 0 aromatic carbocycles. The Labute approximate surface area is 95.8 Å². The van der Waals surface area contributed by atoms with Gasteiger partial charge in [-0.3, -0.25) is 4.79 Å². The quantitative estimate of drug-likeness (QED) is 0.882. The van der Waals surface area contributed by atoms with Gasteiger partial charge in [0.2, 0.25) is 5.91 Å². The SMILES string of the molecule is CC(N)CC(=O)NCc1cc(Br)cs1. The Morgan fingerprint density at radius 3 is 3.00 bits per heavy atom. The number of hydrogen-bond acceptors (Lipinski definition) is 3. The number of thiophene rings is 1. The Balaban J connectivity index is 2.30. The van der Waals surface area contributed by atoms with Crippen LogP contribution in [0.4, 0.5) is 0 Å². The molecule has 0 spiro atoms. The fraction of sp³-hybridized carbons (Fsp3) is 0.444. The first-order valence-electron chi connectivity index (χ1n) is 4.33. The van der Waals surface area contributed by atoms with E-state index in [4.69, 9.17) is 5.73 Å². The summed E-state index contributed by atoms with van der Waals surface area (Å²) >= 11 is 4.97. The maximum Gasteiger partial charge on any atom is 0.221 e. The second kappa shape index (κ2) is 5.48. The molecular formula is C9H13BrN2OS. The van der Waals surface area contributed by atoms with Crippen LogP contribution in [0.25, 0.3) is 0 Å². The first-order valence-corrected chi connectivity index (χ1v) is 6.00. The molecule has 1 aromatic heterocycles. The summed E-state index contributed by atoms with van der Waals surface area (Å²) in [6.07, 6.45) is 0.381. The second-order valence-electron chi connectivity index (χ2n) is 3.19. The number of amides is 1. The first-order chi connectivity index (χ1) is 6.58. The minimum absolute atomic E-state index is 0.00419. The Bertz CT molecular complexity index is 312. The van der Waals surface area contributed by atoms with E-state index in [1.54, 1.807) is 11.3 Å². The lowest BCUT2D eigenvalue weighted by Crippen LogP contribution is -2.29. The molecule has 0 saturated carbocycles. The van der Waals surface area contributed by atoms with Crippen molar-refractivity contribution in [2.45, 2.75) is 25.9 Å². The van der Waals surface area contributed by atoms with E-state index in [0.29, 0.717) is 13.0 Å². The molecule has 0 bridgehead atoms. The lowest BCUT2D eigenvalue weighted by atomic mass is 10.2. The smallest absolute Gasteiger partial charge is 0.221 e. The van der Waals surface area contributed by atoms with Gasteiger partial charge in [-0.15, -0.1) is 11.3 Å². The van der Waals surface area contributed by atoms with Gasteiger partial charge in [0.25, 0.3) is 0 Å². The summed E-state index contributed by atoms with van der Waals surface area (Å²) in [6, 6.07) is 1.92. The van der Waals surface area contributed by atoms with Crippen LogP contribution in [-0.2, 0) is 11.3 Å². The Kier molecular flexibility index (Phi) is 4.57. The Morgan fingerprint density at radius 1 is 1.79 bits per heavy atom. The van der Waals surface area contributed by atoms with Crippen LogP contribution in [0.15, 0.2) is 15.9 Å². The highest BCUT2D eigenvalue weighted by atomic mass is 79.9. The second-order valence-corrected chi connectivity index (χ2v) is 5.10. The van der Waals surface area contributed by atoms with E-state index in [1.165, 1.54) is 0 Å². The van der Waals surface area contributed by atoms with Gasteiger partial charge in [-0.05, 0) is 28.9 Å². The molecule has 78 valence electrons. The first kappa shape index (κ1) is 11.7. The Hall–Kier alpha value is -0.390. The molecule has 1 rings (SSSR count). The summed E-state index contributed by atoms with van der Waals surface area (Å²) in [5.41, 5.74) is 5.50. The molecule has 0 aliphatic rings. The zero-order valence-electron chi connectivity index (χ0n) is 7.92. The number of nitrogens with one attached hydrogen (secondary N) is 1. The van der Waals surface area contributed by atoms with Gasteiger partial charge in [-0.2, -0.15) is 0 Å². The van der Waals surface area contributed by atoms with E-state index in [1.807, 2.05) is 18.4 Å². The highest BCUT2D eigenvalue weighted by molar-refractivity contribution is 9.10. The predicted molar refractivity (Wildman–Crippen MR) is 62.1 cm³/mol. The van der Waals surface area contributed by atoms with Gasteiger partial charge in [-0.25, -0.2) is 0 Å². The summed E-state index contributed by atoms with van der Waals surface area (Å²) in [5.74, 6) is 0.00419. The molecule has 0 fully saturated rings. The average molecular weight is 277 g/mol. The van der Waals surface area contributed by atoms with Crippen molar-refractivity contribution in [3.05, 3.63) is 20.8 Å². The Morgan fingerprint density at radius 2 is 2.50 bits per heavy atom. The van der Waals surface area contributed by atoms with E-state index >= 15 is 0 Å². The molecule has 0 aliphatic carbocycles. The molecule has 0 radical (unpaired) electrons. The van der Waals surface area contributed by atoms with Crippen molar-refractivity contribution in [2.75, 3.05) is 0 Å². The van der Waals surface area contributed by atoms with E-state index < -0.39 is 0 Å². The van der Waals surface area contributed by atoms with Gasteiger partial charge < -0.3 is 11.1 Å². The van der Waals surface area contributed by atoms with Crippen molar-refractivity contribution >= 4 is 33.2 Å². The maximum atomic E-state index is 11.2. The summed E-state index contributed by atoms with van der Waals surface area (Å²) in [7, 11) is 0. The number of carbonyl (C=O) groups excluding carboxylic acids is 1. The fourth-order valence-corrected chi connectivity index (χ4v) is 2.39. The highest BCUT2D eigenvalue weighted by Gasteiger charge is 2.05. The average Bonchev–Trinajstić information content (AvgIpc) is 2.47. The van der Waals surface area contributed by atoms with Crippen LogP contribution < -0.4 is 11.1 Å². The zero-order valence-corrected chi connectivity index (χ0v) is 10.3. The highest BCUT2D eigenvalue weighted by Crippen LogP contribution is 2.19. The van der Waals surface area contributed by atoms with Crippen molar-refractivity contribution in [1.82, 2.24) is 5.32 Å². The van der Waals surface area contributed by atoms with Crippen molar-refractivity contribution in [2.24, 2.45) is 5.73 Å². The number of rotatable bonds is 4. The standard InChI is InChI=1S/C9H13BrN2OS/c1-6(11)2-9(13)12-4-8-3-7(10)5-14-8/h3,5-6H,2,4,11H2,1H3,(H,12,13).